The molecule has 0 saturated heterocycles. The summed E-state index contributed by atoms with van der Waals surface area (Å²) in [5, 5.41) is 11.8. The summed E-state index contributed by atoms with van der Waals surface area (Å²) in [4.78, 5) is 19.3. The Morgan fingerprint density at radius 3 is 2.38 bits per heavy atom. The fourth-order valence-electron chi connectivity index (χ4n) is 3.64. The van der Waals surface area contributed by atoms with Crippen LogP contribution in [0, 0.1) is 24.3 Å². The van der Waals surface area contributed by atoms with Gasteiger partial charge in [-0.25, -0.2) is 23.1 Å². The van der Waals surface area contributed by atoms with Gasteiger partial charge in [0.2, 0.25) is 0 Å². The number of nitrogen functional groups attached to an aromatic ring is 1. The first kappa shape index (κ1) is 23.8. The maximum Gasteiger partial charge on any atom is 0.433 e. The van der Waals surface area contributed by atoms with Gasteiger partial charge in [0, 0.05) is 9.68 Å². The third kappa shape index (κ3) is 5.06. The van der Waals surface area contributed by atoms with Gasteiger partial charge in [0.25, 0.3) is 5.91 Å². The van der Waals surface area contributed by atoms with Gasteiger partial charge >= 0.3 is 12.4 Å². The number of aliphatic hydroxyl groups is 1. The van der Waals surface area contributed by atoms with Gasteiger partial charge in [-0.15, -0.1) is 0 Å². The van der Waals surface area contributed by atoms with Gasteiger partial charge in [-0.3, -0.25) is 9.20 Å². The van der Waals surface area contributed by atoms with E-state index < -0.39 is 99.6 Å². The van der Waals surface area contributed by atoms with E-state index in [0.717, 1.165) is 0 Å². The Morgan fingerprint density at radius 2 is 1.77 bits per heavy atom. The van der Waals surface area contributed by atoms with E-state index in [1.165, 1.54) is 0 Å². The molecule has 4 rings (SSSR count). The Kier molecular flexibility index (Phi) is 5.75. The molecule has 2 aromatic heterocycles. The van der Waals surface area contributed by atoms with Crippen LogP contribution in [0.1, 0.15) is 32.9 Å². The van der Waals surface area contributed by atoms with Crippen LogP contribution in [0.4, 0.5) is 51.0 Å². The molecule has 0 bridgehead atoms. The van der Waals surface area contributed by atoms with E-state index in [2.05, 4.69) is 9.97 Å². The number of anilines is 2. The number of aromatic nitrogens is 3. The summed E-state index contributed by atoms with van der Waals surface area (Å²) in [6.45, 7) is -3.31. The first-order chi connectivity index (χ1) is 19.2. The van der Waals surface area contributed by atoms with Crippen molar-refractivity contribution in [3.05, 3.63) is 76.6 Å². The average molecular weight is 566 g/mol. The lowest BCUT2D eigenvalue weighted by atomic mass is 10.0. The number of rotatable bonds is 4. The molecule has 0 fully saturated rings. The Balaban J connectivity index is 1.78. The molecule has 2 heterocycles. The number of nitrogens with one attached hydrogen (secondary N) is 1. The number of aliphatic hydroxyl groups excluding tert-OH is 1. The highest BCUT2D eigenvalue weighted by Gasteiger charge is 2.36. The zero-order chi connectivity index (χ0) is 31.5. The lowest BCUT2D eigenvalue weighted by Gasteiger charge is -2.15. The fraction of sp³-hybridized carbons (Fsp3) is 0.174. The van der Waals surface area contributed by atoms with Crippen molar-refractivity contribution in [2.24, 2.45) is 0 Å². The van der Waals surface area contributed by atoms with E-state index in [-0.39, 0.29) is 22.7 Å². The Labute approximate surface area is 215 Å². The van der Waals surface area contributed by atoms with Crippen LogP contribution in [0.15, 0.2) is 36.5 Å². The van der Waals surface area contributed by atoms with Crippen LogP contribution in [-0.2, 0) is 17.1 Å². The van der Waals surface area contributed by atoms with Crippen molar-refractivity contribution in [2.45, 2.75) is 25.3 Å². The third-order valence-electron chi connectivity index (χ3n) is 5.38. The molecule has 0 spiro atoms. The van der Waals surface area contributed by atoms with Gasteiger partial charge in [0.15, 0.2) is 17.7 Å². The second-order valence-corrected chi connectivity index (χ2v) is 7.95. The minimum absolute atomic E-state index is 0.0856. The number of hydrogen-bond acceptors (Lipinski definition) is 5. The highest BCUT2D eigenvalue weighted by atomic mass is 19.4. The van der Waals surface area contributed by atoms with Crippen LogP contribution in [0.3, 0.4) is 0 Å². The second-order valence-electron chi connectivity index (χ2n) is 7.95. The number of nitrogens with zero attached hydrogens (tertiary/aromatic N) is 3. The number of carbonyl (C=O) groups excluding carboxylic acids is 1. The summed E-state index contributed by atoms with van der Waals surface area (Å²) in [6, 6.07) is 2.07. The van der Waals surface area contributed by atoms with E-state index in [1.54, 1.807) is 5.32 Å². The molecule has 1 unspecified atom stereocenters. The lowest BCUT2D eigenvalue weighted by molar-refractivity contribution is -0.142. The monoisotopic (exact) mass is 566 g/mol. The van der Waals surface area contributed by atoms with Crippen LogP contribution in [-0.4, -0.2) is 25.4 Å². The van der Waals surface area contributed by atoms with Crippen molar-refractivity contribution in [1.29, 1.82) is 0 Å². The molecule has 0 aliphatic carbocycles. The Morgan fingerprint density at radius 1 is 1.08 bits per heavy atom. The molecule has 0 aliphatic heterocycles. The fourth-order valence-corrected chi connectivity index (χ4v) is 3.64. The van der Waals surface area contributed by atoms with Crippen molar-refractivity contribution in [3.63, 3.8) is 0 Å². The van der Waals surface area contributed by atoms with E-state index in [9.17, 15) is 40.6 Å². The summed E-state index contributed by atoms with van der Waals surface area (Å²) in [5.41, 5.74) is -1.99. The molecular formula is C23H14F9N5O2. The van der Waals surface area contributed by atoms with Gasteiger partial charge in [0.1, 0.15) is 34.4 Å². The molecule has 2 aromatic carbocycles. The van der Waals surface area contributed by atoms with E-state index in [0.29, 0.717) is 18.2 Å². The van der Waals surface area contributed by atoms with Crippen molar-refractivity contribution < 1.29 is 53.5 Å². The van der Waals surface area contributed by atoms with Crippen LogP contribution in [0.5, 0.6) is 0 Å². The van der Waals surface area contributed by atoms with E-state index in [1.807, 2.05) is 0 Å². The second kappa shape index (κ2) is 9.44. The largest absolute Gasteiger partial charge is 0.433 e. The first-order valence-electron chi connectivity index (χ1n) is 11.8. The number of carbonyl (C=O) groups is 1. The zero-order valence-electron chi connectivity index (χ0n) is 21.7. The van der Waals surface area contributed by atoms with E-state index >= 15 is 8.78 Å². The number of amides is 1. The van der Waals surface area contributed by atoms with Crippen LogP contribution >= 0.6 is 0 Å². The van der Waals surface area contributed by atoms with Crippen molar-refractivity contribution in [2.75, 3.05) is 11.1 Å². The van der Waals surface area contributed by atoms with Gasteiger partial charge < -0.3 is 16.2 Å². The van der Waals surface area contributed by atoms with Gasteiger partial charge in [-0.05, 0) is 42.7 Å². The number of aryl methyl sites for hydroxylation is 1. The Bertz CT molecular complexity index is 1720. The molecule has 1 atom stereocenters. The number of hydrogen-bond donors (Lipinski definition) is 3. The molecule has 0 radical (unpaired) electrons. The highest BCUT2D eigenvalue weighted by molar-refractivity contribution is 5.95. The zero-order valence-corrected chi connectivity index (χ0v) is 18.7. The minimum atomic E-state index is -5.18. The van der Waals surface area contributed by atoms with Crippen molar-refractivity contribution in [1.82, 2.24) is 14.4 Å². The van der Waals surface area contributed by atoms with Crippen molar-refractivity contribution in [3.8, 4) is 11.3 Å². The maximum atomic E-state index is 15.2. The van der Waals surface area contributed by atoms with Crippen LogP contribution in [0.25, 0.3) is 16.8 Å². The predicted molar refractivity (Wildman–Crippen MR) is 117 cm³/mol. The molecule has 206 valence electrons. The predicted octanol–water partition coefficient (Wildman–Crippen LogP) is 5.41. The van der Waals surface area contributed by atoms with Gasteiger partial charge in [-0.2, -0.15) is 26.3 Å². The summed E-state index contributed by atoms with van der Waals surface area (Å²) in [6.07, 6.45) is -12.5. The molecule has 0 aliphatic rings. The summed E-state index contributed by atoms with van der Waals surface area (Å²) >= 11 is 0. The molecule has 1 amide bonds. The average Bonchev–Trinajstić information content (AvgIpc) is 3.26. The van der Waals surface area contributed by atoms with Gasteiger partial charge in [0.05, 0.1) is 17.4 Å². The molecule has 4 aromatic rings. The summed E-state index contributed by atoms with van der Waals surface area (Å²) in [5.74, 6) is -8.77. The van der Waals surface area contributed by atoms with Gasteiger partial charge in [-0.1, -0.05) is 0 Å². The number of fused-ring (bicyclic) bond motifs is 1. The summed E-state index contributed by atoms with van der Waals surface area (Å²) < 4.78 is 147. The minimum Gasteiger partial charge on any atom is -0.382 e. The smallest absolute Gasteiger partial charge is 0.382 e. The normalized spacial score (nSPS) is 14.6. The molecule has 16 heteroatoms. The van der Waals surface area contributed by atoms with Crippen molar-refractivity contribution >= 4 is 22.9 Å². The lowest BCUT2D eigenvalue weighted by Crippen LogP contribution is -2.22. The van der Waals surface area contributed by atoms with Crippen LogP contribution < -0.4 is 11.1 Å². The SMILES string of the molecule is [2H]C([2H])([2H])c1nc(-c2ccc(NC(=O)C(O)c3cc(F)cc(C(F)(F)F)c3)c(F)c2F)c2c(N)ncc(C(F)(F)F)n12. The standard InChI is InChI=1S/C23H14F9N5O2/c1-8-35-17(18-20(33)34-7-14(37(8)18)23(30,31)32)12-2-3-13(16(26)15(12)25)36-21(39)19(38)9-4-10(22(27,28)29)6-11(24)5-9/h2-7,19,38H,1H3,(H2,33,34)(H,36,39)/i1D3. The van der Waals surface area contributed by atoms with Crippen LogP contribution in [0.2, 0.25) is 0 Å². The number of imidazole rings is 1. The van der Waals surface area contributed by atoms with E-state index in [4.69, 9.17) is 9.85 Å². The first-order valence-corrected chi connectivity index (χ1v) is 10.3. The Hall–Kier alpha value is -4.34. The number of nitrogens with two attached hydrogens (primary N) is 1. The quantitative estimate of drug-likeness (QED) is 0.287. The molecule has 7 nitrogen and oxygen atoms in total. The summed E-state index contributed by atoms with van der Waals surface area (Å²) in [7, 11) is 0. The molecule has 0 saturated carbocycles. The molecule has 4 N–H and O–H groups in total. The number of alkyl halides is 6. The third-order valence-corrected chi connectivity index (χ3v) is 5.38. The maximum absolute atomic E-state index is 15.2. The molecular weight excluding hydrogens is 549 g/mol. The number of benzene rings is 2. The molecule has 39 heavy (non-hydrogen) atoms. The highest BCUT2D eigenvalue weighted by Crippen LogP contribution is 2.37. The topological polar surface area (TPSA) is 106 Å². The number of halogens is 9.